The molecular weight excluding hydrogens is 292 g/mol. The molecule has 7 nitrogen and oxygen atoms in total. The Labute approximate surface area is 135 Å². The van der Waals surface area contributed by atoms with Gasteiger partial charge >= 0.3 is 0 Å². The Morgan fingerprint density at radius 2 is 2.04 bits per heavy atom. The van der Waals surface area contributed by atoms with E-state index in [2.05, 4.69) is 21.0 Å². The highest BCUT2D eigenvalue weighted by molar-refractivity contribution is 5.88. The quantitative estimate of drug-likeness (QED) is 0.842. The summed E-state index contributed by atoms with van der Waals surface area (Å²) in [5.41, 5.74) is 6.77. The second-order valence-corrected chi connectivity index (χ2v) is 4.85. The summed E-state index contributed by atoms with van der Waals surface area (Å²) < 4.78 is 5.56. The summed E-state index contributed by atoms with van der Waals surface area (Å²) in [6, 6.07) is 9.56. The normalized spacial score (nSPS) is 11.0. The van der Waals surface area contributed by atoms with Crippen LogP contribution in [0.1, 0.15) is 18.3 Å². The lowest BCUT2D eigenvalue weighted by Gasteiger charge is -2.11. The molecule has 0 amide bonds. The van der Waals surface area contributed by atoms with E-state index >= 15 is 0 Å². The van der Waals surface area contributed by atoms with Gasteiger partial charge in [0, 0.05) is 19.7 Å². The molecule has 1 aromatic carbocycles. The van der Waals surface area contributed by atoms with Crippen molar-refractivity contribution in [2.45, 2.75) is 6.92 Å². The third-order valence-electron chi connectivity index (χ3n) is 2.92. The maximum atomic E-state index is 9.47. The van der Waals surface area contributed by atoms with E-state index in [9.17, 15) is 5.26 Å². The highest BCUT2D eigenvalue weighted by atomic mass is 16.5. The fourth-order valence-electron chi connectivity index (χ4n) is 1.89. The number of nitrogen functional groups attached to an aromatic ring is 1. The molecule has 0 aliphatic heterocycles. The number of para-hydroxylation sites is 1. The first-order chi connectivity index (χ1) is 11.0. The Balaban J connectivity index is 2.51. The number of benzene rings is 1. The predicted molar refractivity (Wildman–Crippen MR) is 89.7 cm³/mol. The topological polar surface area (TPSA) is 101 Å². The highest BCUT2D eigenvalue weighted by Crippen LogP contribution is 2.24. The number of aromatic nitrogens is 3. The molecule has 1 heterocycles. The zero-order valence-electron chi connectivity index (χ0n) is 13.3. The van der Waals surface area contributed by atoms with Crippen molar-refractivity contribution >= 4 is 23.5 Å². The summed E-state index contributed by atoms with van der Waals surface area (Å²) in [4.78, 5) is 14.0. The van der Waals surface area contributed by atoms with E-state index in [-0.39, 0.29) is 17.3 Å². The fraction of sp³-hybridized carbons (Fsp3) is 0.250. The number of nitriles is 1. The number of ether oxygens (including phenoxy) is 1. The van der Waals surface area contributed by atoms with Gasteiger partial charge in [0.2, 0.25) is 11.9 Å². The monoisotopic (exact) mass is 310 g/mol. The highest BCUT2D eigenvalue weighted by Gasteiger charge is 2.12. The zero-order valence-corrected chi connectivity index (χ0v) is 13.3. The van der Waals surface area contributed by atoms with Crippen LogP contribution in [0.15, 0.2) is 24.3 Å². The lowest BCUT2D eigenvalue weighted by Crippen LogP contribution is -2.15. The molecule has 7 heteroatoms. The maximum Gasteiger partial charge on any atom is 0.230 e. The van der Waals surface area contributed by atoms with Gasteiger partial charge in [-0.2, -0.15) is 20.2 Å². The van der Waals surface area contributed by atoms with E-state index < -0.39 is 0 Å². The van der Waals surface area contributed by atoms with Crippen molar-refractivity contribution < 1.29 is 4.74 Å². The number of nitrogens with two attached hydrogens (primary N) is 1. The lowest BCUT2D eigenvalue weighted by atomic mass is 10.1. The minimum absolute atomic E-state index is 0.0675. The average molecular weight is 310 g/mol. The molecule has 2 aromatic rings. The van der Waals surface area contributed by atoms with E-state index in [1.54, 1.807) is 25.1 Å². The van der Waals surface area contributed by atoms with Crippen LogP contribution in [0.5, 0.6) is 5.75 Å². The molecule has 0 aliphatic carbocycles. The number of anilines is 2. The molecular formula is C16H18N6O. The molecule has 0 saturated carbocycles. The molecule has 0 aliphatic rings. The average Bonchev–Trinajstić information content (AvgIpc) is 2.53. The third kappa shape index (κ3) is 3.95. The van der Waals surface area contributed by atoms with Crippen molar-refractivity contribution in [2.24, 2.45) is 0 Å². The Hall–Kier alpha value is -3.14. The molecule has 118 valence electrons. The summed E-state index contributed by atoms with van der Waals surface area (Å²) >= 11 is 0. The van der Waals surface area contributed by atoms with Crippen molar-refractivity contribution in [2.75, 3.05) is 31.3 Å². The summed E-state index contributed by atoms with van der Waals surface area (Å²) in [7, 11) is 3.58. The van der Waals surface area contributed by atoms with Gasteiger partial charge in [0.05, 0.1) is 12.2 Å². The van der Waals surface area contributed by atoms with Gasteiger partial charge in [0.1, 0.15) is 11.8 Å². The van der Waals surface area contributed by atoms with Crippen LogP contribution >= 0.6 is 0 Å². The zero-order chi connectivity index (χ0) is 16.8. The van der Waals surface area contributed by atoms with Crippen molar-refractivity contribution in [1.29, 1.82) is 5.26 Å². The van der Waals surface area contributed by atoms with Crippen LogP contribution in [-0.2, 0) is 0 Å². The number of rotatable bonds is 5. The van der Waals surface area contributed by atoms with Crippen molar-refractivity contribution in [3.63, 3.8) is 0 Å². The van der Waals surface area contributed by atoms with Gasteiger partial charge in [-0.1, -0.05) is 18.2 Å². The van der Waals surface area contributed by atoms with Crippen LogP contribution in [0.2, 0.25) is 0 Å². The standard InChI is InChI=1S/C16H18N6O/c1-4-23-13-8-6-5-7-11(13)9-12(10-17)14-19-15(18)21-16(20-14)22(2)3/h5-9H,4H2,1-3H3,(H2,18,19,20,21). The van der Waals surface area contributed by atoms with Crippen LogP contribution in [0.25, 0.3) is 11.6 Å². The number of hydrogen-bond acceptors (Lipinski definition) is 7. The molecule has 0 bridgehead atoms. The number of hydrogen-bond donors (Lipinski definition) is 1. The van der Waals surface area contributed by atoms with E-state index in [1.165, 1.54) is 0 Å². The Bertz CT molecular complexity index is 763. The smallest absolute Gasteiger partial charge is 0.230 e. The second-order valence-electron chi connectivity index (χ2n) is 4.85. The molecule has 0 saturated heterocycles. The Morgan fingerprint density at radius 1 is 1.30 bits per heavy atom. The van der Waals surface area contributed by atoms with Crippen LogP contribution in [0.3, 0.4) is 0 Å². The lowest BCUT2D eigenvalue weighted by molar-refractivity contribution is 0.339. The molecule has 0 unspecified atom stereocenters. The van der Waals surface area contributed by atoms with Crippen LogP contribution in [-0.4, -0.2) is 35.7 Å². The molecule has 0 fully saturated rings. The first-order valence-electron chi connectivity index (χ1n) is 7.08. The van der Waals surface area contributed by atoms with E-state index in [0.29, 0.717) is 18.3 Å². The second kappa shape index (κ2) is 7.22. The molecule has 0 spiro atoms. The number of nitrogens with zero attached hydrogens (tertiary/aromatic N) is 5. The Kier molecular flexibility index (Phi) is 5.10. The molecule has 2 rings (SSSR count). The first-order valence-corrected chi connectivity index (χ1v) is 7.08. The number of allylic oxidation sites excluding steroid dienone is 1. The van der Waals surface area contributed by atoms with Crippen LogP contribution in [0, 0.1) is 11.3 Å². The predicted octanol–water partition coefficient (Wildman–Crippen LogP) is 1.98. The molecule has 0 atom stereocenters. The van der Waals surface area contributed by atoms with Crippen LogP contribution in [0.4, 0.5) is 11.9 Å². The summed E-state index contributed by atoms with van der Waals surface area (Å²) in [5, 5.41) is 9.47. The van der Waals surface area contributed by atoms with Crippen LogP contribution < -0.4 is 15.4 Å². The van der Waals surface area contributed by atoms with Gasteiger partial charge in [-0.05, 0) is 19.1 Å². The van der Waals surface area contributed by atoms with Crippen molar-refractivity contribution in [3.8, 4) is 11.8 Å². The molecule has 2 N–H and O–H groups in total. The first kappa shape index (κ1) is 16.2. The van der Waals surface area contributed by atoms with Gasteiger partial charge in [0.15, 0.2) is 5.82 Å². The van der Waals surface area contributed by atoms with Gasteiger partial charge in [-0.3, -0.25) is 0 Å². The molecule has 23 heavy (non-hydrogen) atoms. The van der Waals surface area contributed by atoms with E-state index in [1.807, 2.05) is 31.2 Å². The van der Waals surface area contributed by atoms with Gasteiger partial charge in [0.25, 0.3) is 0 Å². The maximum absolute atomic E-state index is 9.47. The van der Waals surface area contributed by atoms with Gasteiger partial charge in [-0.15, -0.1) is 0 Å². The summed E-state index contributed by atoms with van der Waals surface area (Å²) in [6.45, 7) is 2.44. The minimum atomic E-state index is 0.0675. The SMILES string of the molecule is CCOc1ccccc1C=C(C#N)c1nc(N)nc(N(C)C)n1. The summed E-state index contributed by atoms with van der Waals surface area (Å²) in [6.07, 6.45) is 1.68. The minimum Gasteiger partial charge on any atom is -0.493 e. The van der Waals surface area contributed by atoms with E-state index in [4.69, 9.17) is 10.5 Å². The van der Waals surface area contributed by atoms with Gasteiger partial charge < -0.3 is 15.4 Å². The van der Waals surface area contributed by atoms with Gasteiger partial charge in [-0.25, -0.2) is 0 Å². The molecule has 0 radical (unpaired) electrons. The third-order valence-corrected chi connectivity index (χ3v) is 2.92. The van der Waals surface area contributed by atoms with E-state index in [0.717, 1.165) is 5.56 Å². The van der Waals surface area contributed by atoms with Crippen molar-refractivity contribution in [1.82, 2.24) is 15.0 Å². The molecule has 1 aromatic heterocycles. The Morgan fingerprint density at radius 3 is 2.70 bits per heavy atom. The fourth-order valence-corrected chi connectivity index (χ4v) is 1.89. The largest absolute Gasteiger partial charge is 0.493 e. The summed E-state index contributed by atoms with van der Waals surface area (Å²) in [5.74, 6) is 1.39. The van der Waals surface area contributed by atoms with Crippen molar-refractivity contribution in [3.05, 3.63) is 35.7 Å².